The smallest absolute Gasteiger partial charge is 0.126 e. The van der Waals surface area contributed by atoms with Crippen LogP contribution in [-0.2, 0) is 0 Å². The largest absolute Gasteiger partial charge is 0.367 e. The van der Waals surface area contributed by atoms with E-state index in [0.717, 1.165) is 18.8 Å². The lowest BCUT2D eigenvalue weighted by Crippen LogP contribution is -2.15. The second-order valence-electron chi connectivity index (χ2n) is 4.99. The van der Waals surface area contributed by atoms with Crippen LogP contribution < -0.4 is 5.32 Å². The lowest BCUT2D eigenvalue weighted by molar-refractivity contribution is 0.750. The molecule has 1 aliphatic carbocycles. The van der Waals surface area contributed by atoms with Crippen molar-refractivity contribution in [1.82, 2.24) is 4.98 Å². The maximum atomic E-state index is 4.50. The fourth-order valence-corrected chi connectivity index (χ4v) is 2.70. The van der Waals surface area contributed by atoms with Crippen molar-refractivity contribution in [3.63, 3.8) is 0 Å². The molecule has 0 unspecified atom stereocenters. The number of hydrogen-bond donors (Lipinski definition) is 1. The fraction of sp³-hybridized carbons (Fsp3) is 0.571. The van der Waals surface area contributed by atoms with Crippen LogP contribution in [0.5, 0.6) is 0 Å². The number of anilines is 1. The second kappa shape index (κ2) is 4.86. The van der Waals surface area contributed by atoms with Crippen molar-refractivity contribution >= 4 is 11.5 Å². The molecule has 0 amide bonds. The third-order valence-electron chi connectivity index (χ3n) is 3.68. The van der Waals surface area contributed by atoms with Gasteiger partial charge in [0.15, 0.2) is 0 Å². The summed E-state index contributed by atoms with van der Waals surface area (Å²) >= 11 is 0. The van der Waals surface area contributed by atoms with Crippen molar-refractivity contribution in [1.29, 1.82) is 0 Å². The lowest BCUT2D eigenvalue weighted by atomic mass is 10.1. The molecule has 0 aromatic carbocycles. The number of hydrogen-bond acceptors (Lipinski definition) is 3. The third kappa shape index (κ3) is 2.48. The molecule has 0 saturated heterocycles. The molecule has 3 heteroatoms. The predicted octanol–water partition coefficient (Wildman–Crippen LogP) is 3.02. The van der Waals surface area contributed by atoms with E-state index in [1.807, 2.05) is 6.20 Å². The third-order valence-corrected chi connectivity index (χ3v) is 3.68. The maximum Gasteiger partial charge on any atom is 0.126 e. The van der Waals surface area contributed by atoms with Gasteiger partial charge in [-0.2, -0.15) is 0 Å². The topological polar surface area (TPSA) is 37.3 Å². The van der Waals surface area contributed by atoms with Gasteiger partial charge < -0.3 is 5.32 Å². The van der Waals surface area contributed by atoms with E-state index in [2.05, 4.69) is 27.4 Å². The number of aliphatic imine (C=N–C) groups is 1. The summed E-state index contributed by atoms with van der Waals surface area (Å²) in [7, 11) is 0. The highest BCUT2D eigenvalue weighted by molar-refractivity contribution is 6.01. The Morgan fingerprint density at radius 2 is 2.00 bits per heavy atom. The Hall–Kier alpha value is -1.38. The zero-order chi connectivity index (χ0) is 11.5. The van der Waals surface area contributed by atoms with E-state index in [4.69, 9.17) is 0 Å². The second-order valence-corrected chi connectivity index (χ2v) is 4.99. The molecule has 1 aromatic rings. The molecule has 0 spiro atoms. The fourth-order valence-electron chi connectivity index (χ4n) is 2.70. The van der Waals surface area contributed by atoms with Crippen molar-refractivity contribution in [2.45, 2.75) is 44.6 Å². The molecule has 2 aliphatic rings. The van der Waals surface area contributed by atoms with Crippen LogP contribution in [0.2, 0.25) is 0 Å². The monoisotopic (exact) mass is 229 g/mol. The molecule has 0 radical (unpaired) electrons. The zero-order valence-corrected chi connectivity index (χ0v) is 10.2. The molecule has 1 N–H and O–H groups in total. The molecular weight excluding hydrogens is 210 g/mol. The van der Waals surface area contributed by atoms with Gasteiger partial charge in [0.25, 0.3) is 0 Å². The Morgan fingerprint density at radius 3 is 2.65 bits per heavy atom. The van der Waals surface area contributed by atoms with Crippen LogP contribution in [0, 0.1) is 0 Å². The number of aromatic nitrogens is 1. The van der Waals surface area contributed by atoms with Crippen LogP contribution in [-0.4, -0.2) is 23.3 Å². The van der Waals surface area contributed by atoms with Crippen LogP contribution in [0.1, 0.15) is 44.1 Å². The molecule has 0 atom stereocenters. The summed E-state index contributed by atoms with van der Waals surface area (Å²) in [5.74, 6) is 1.01. The van der Waals surface area contributed by atoms with Crippen LogP contribution in [0.3, 0.4) is 0 Å². The molecular formula is C14H19N3. The lowest BCUT2D eigenvalue weighted by Gasteiger charge is -2.12. The maximum absolute atomic E-state index is 4.50. The van der Waals surface area contributed by atoms with Gasteiger partial charge in [-0.1, -0.05) is 12.8 Å². The van der Waals surface area contributed by atoms with Crippen LogP contribution in [0.4, 0.5) is 5.82 Å². The normalized spacial score (nSPS) is 20.6. The van der Waals surface area contributed by atoms with E-state index >= 15 is 0 Å². The molecule has 0 bridgehead atoms. The van der Waals surface area contributed by atoms with Gasteiger partial charge in [-0.15, -0.1) is 0 Å². The molecule has 1 aliphatic heterocycles. The number of rotatable bonds is 3. The van der Waals surface area contributed by atoms with Crippen molar-refractivity contribution < 1.29 is 0 Å². The molecule has 1 fully saturated rings. The van der Waals surface area contributed by atoms with E-state index in [9.17, 15) is 0 Å². The Labute approximate surface area is 102 Å². The highest BCUT2D eigenvalue weighted by atomic mass is 15.0. The summed E-state index contributed by atoms with van der Waals surface area (Å²) in [5, 5.41) is 3.51. The minimum absolute atomic E-state index is 0.636. The highest BCUT2D eigenvalue weighted by Gasteiger charge is 2.15. The Kier molecular flexibility index (Phi) is 3.08. The summed E-state index contributed by atoms with van der Waals surface area (Å²) in [4.78, 5) is 8.99. The first-order valence-corrected chi connectivity index (χ1v) is 6.68. The molecule has 3 rings (SSSR count). The summed E-state index contributed by atoms with van der Waals surface area (Å²) in [6.07, 6.45) is 9.54. The minimum atomic E-state index is 0.636. The number of pyridine rings is 1. The van der Waals surface area contributed by atoms with Crippen molar-refractivity contribution in [2.75, 3.05) is 11.9 Å². The standard InChI is InChI=1S/C14H19N3/c1-2-5-12(4-1)17-14-8-7-11(10-16-14)13-6-3-9-15-13/h7-8,10,12H,1-6,9H2,(H,16,17). The Bertz CT molecular complexity index is 402. The van der Waals surface area contributed by atoms with Gasteiger partial charge in [0.05, 0.1) is 0 Å². The molecule has 1 aromatic heterocycles. The van der Waals surface area contributed by atoms with Crippen LogP contribution in [0.15, 0.2) is 23.3 Å². The molecule has 90 valence electrons. The molecule has 17 heavy (non-hydrogen) atoms. The van der Waals surface area contributed by atoms with Crippen LogP contribution in [0.25, 0.3) is 0 Å². The average Bonchev–Trinajstić information content (AvgIpc) is 3.01. The van der Waals surface area contributed by atoms with Gasteiger partial charge in [0, 0.05) is 30.1 Å². The van der Waals surface area contributed by atoms with Gasteiger partial charge >= 0.3 is 0 Å². The Balaban J connectivity index is 1.66. The predicted molar refractivity (Wildman–Crippen MR) is 70.8 cm³/mol. The van der Waals surface area contributed by atoms with E-state index in [-0.39, 0.29) is 0 Å². The van der Waals surface area contributed by atoms with Gasteiger partial charge in [-0.05, 0) is 37.8 Å². The van der Waals surface area contributed by atoms with E-state index in [1.165, 1.54) is 43.4 Å². The first kappa shape index (κ1) is 10.8. The number of nitrogens with zero attached hydrogens (tertiary/aromatic N) is 2. The zero-order valence-electron chi connectivity index (χ0n) is 10.2. The van der Waals surface area contributed by atoms with Gasteiger partial charge in [-0.3, -0.25) is 4.99 Å². The van der Waals surface area contributed by atoms with Crippen molar-refractivity contribution in [3.8, 4) is 0 Å². The average molecular weight is 229 g/mol. The van der Waals surface area contributed by atoms with Crippen molar-refractivity contribution in [2.24, 2.45) is 4.99 Å². The van der Waals surface area contributed by atoms with E-state index in [1.54, 1.807) is 0 Å². The quantitative estimate of drug-likeness (QED) is 0.865. The van der Waals surface area contributed by atoms with Crippen molar-refractivity contribution in [3.05, 3.63) is 23.9 Å². The summed E-state index contributed by atoms with van der Waals surface area (Å²) in [6, 6.07) is 4.88. The van der Waals surface area contributed by atoms with E-state index in [0.29, 0.717) is 6.04 Å². The van der Waals surface area contributed by atoms with Gasteiger partial charge in [0.1, 0.15) is 5.82 Å². The highest BCUT2D eigenvalue weighted by Crippen LogP contribution is 2.21. The van der Waals surface area contributed by atoms with E-state index < -0.39 is 0 Å². The van der Waals surface area contributed by atoms with Crippen LogP contribution >= 0.6 is 0 Å². The molecule has 3 nitrogen and oxygen atoms in total. The number of nitrogens with one attached hydrogen (secondary N) is 1. The SMILES string of the molecule is c1cc(NC2CCCC2)ncc1C1=NCCC1. The molecule has 2 heterocycles. The molecule has 1 saturated carbocycles. The van der Waals surface area contributed by atoms with Gasteiger partial charge in [-0.25, -0.2) is 4.98 Å². The summed E-state index contributed by atoms with van der Waals surface area (Å²) in [6.45, 7) is 0.984. The Morgan fingerprint density at radius 1 is 1.12 bits per heavy atom. The summed E-state index contributed by atoms with van der Waals surface area (Å²) in [5.41, 5.74) is 2.42. The minimum Gasteiger partial charge on any atom is -0.367 e. The summed E-state index contributed by atoms with van der Waals surface area (Å²) < 4.78 is 0. The van der Waals surface area contributed by atoms with Gasteiger partial charge in [0.2, 0.25) is 0 Å². The first-order valence-electron chi connectivity index (χ1n) is 6.68. The first-order chi connectivity index (χ1) is 8.42.